The number of nitrogens with one attached hydrogen (secondary N) is 1. The van der Waals surface area contributed by atoms with Crippen LogP contribution in [0.25, 0.3) is 0 Å². The van der Waals surface area contributed by atoms with Crippen LogP contribution in [-0.4, -0.2) is 36.3 Å². The first-order valence-corrected chi connectivity index (χ1v) is 6.55. The summed E-state index contributed by atoms with van der Waals surface area (Å²) in [5.74, 6) is -1.17. The molecule has 0 radical (unpaired) electrons. The molecular formula is C13H15ClFN3O2. The Morgan fingerprint density at radius 1 is 1.55 bits per heavy atom. The van der Waals surface area contributed by atoms with Crippen LogP contribution in [-0.2, 0) is 4.79 Å². The number of hydrogen-bond acceptors (Lipinski definition) is 3. The molecule has 1 heterocycles. The number of likely N-dealkylation sites (tertiary alicyclic amines) is 1. The fraction of sp³-hybridized carbons (Fsp3) is 0.385. The molecule has 0 aliphatic carbocycles. The van der Waals surface area contributed by atoms with Gasteiger partial charge in [-0.2, -0.15) is 0 Å². The van der Waals surface area contributed by atoms with Gasteiger partial charge in [-0.05, 0) is 18.6 Å². The van der Waals surface area contributed by atoms with Gasteiger partial charge in [0.1, 0.15) is 5.82 Å². The predicted molar refractivity (Wildman–Crippen MR) is 73.9 cm³/mol. The number of halogens is 2. The lowest BCUT2D eigenvalue weighted by Crippen LogP contribution is -2.48. The van der Waals surface area contributed by atoms with Gasteiger partial charge < -0.3 is 16.0 Å². The van der Waals surface area contributed by atoms with E-state index < -0.39 is 11.7 Å². The zero-order chi connectivity index (χ0) is 14.9. The number of rotatable bonds is 2. The van der Waals surface area contributed by atoms with Crippen LogP contribution >= 0.6 is 11.6 Å². The number of nitrogens with two attached hydrogens (primary N) is 1. The minimum absolute atomic E-state index is 0.00885. The third kappa shape index (κ3) is 3.01. The summed E-state index contributed by atoms with van der Waals surface area (Å²) in [5, 5.41) is 2.85. The maximum absolute atomic E-state index is 13.4. The molecule has 1 aliphatic rings. The van der Waals surface area contributed by atoms with Crippen molar-refractivity contribution in [3.05, 3.63) is 28.5 Å². The average Bonchev–Trinajstić information content (AvgIpc) is 2.38. The van der Waals surface area contributed by atoms with Crippen LogP contribution in [0.5, 0.6) is 0 Å². The molecule has 108 valence electrons. The molecule has 1 saturated heterocycles. The van der Waals surface area contributed by atoms with Gasteiger partial charge in [-0.15, -0.1) is 0 Å². The van der Waals surface area contributed by atoms with Crippen molar-refractivity contribution in [2.24, 2.45) is 0 Å². The van der Waals surface area contributed by atoms with E-state index in [0.717, 1.165) is 6.07 Å². The summed E-state index contributed by atoms with van der Waals surface area (Å²) >= 11 is 5.72. The number of nitrogen functional groups attached to an aromatic ring is 1. The lowest BCUT2D eigenvalue weighted by atomic mass is 10.0. The first-order valence-electron chi connectivity index (χ1n) is 6.18. The van der Waals surface area contributed by atoms with Crippen LogP contribution in [0.2, 0.25) is 5.02 Å². The molecule has 0 aromatic heterocycles. The molecule has 1 aromatic rings. The molecule has 1 fully saturated rings. The third-order valence-corrected chi connectivity index (χ3v) is 3.52. The molecule has 1 atom stereocenters. The molecule has 0 saturated carbocycles. The fourth-order valence-corrected chi connectivity index (χ4v) is 2.37. The number of carbonyl (C=O) groups excluding carboxylic acids is 2. The molecule has 1 aliphatic heterocycles. The maximum atomic E-state index is 13.4. The van der Waals surface area contributed by atoms with Crippen molar-refractivity contribution in [2.75, 3.05) is 19.3 Å². The number of amides is 2. The summed E-state index contributed by atoms with van der Waals surface area (Å²) in [6.45, 7) is 0.424. The molecule has 1 aromatic carbocycles. The molecular weight excluding hydrogens is 285 g/mol. The Hall–Kier alpha value is -1.82. The highest BCUT2D eigenvalue weighted by atomic mass is 35.5. The lowest BCUT2D eigenvalue weighted by Gasteiger charge is -2.30. The normalized spacial score (nSPS) is 19.1. The molecule has 0 bridgehead atoms. The van der Waals surface area contributed by atoms with Crippen molar-refractivity contribution in [3.63, 3.8) is 0 Å². The molecule has 2 amide bonds. The van der Waals surface area contributed by atoms with Crippen LogP contribution in [0.3, 0.4) is 0 Å². The van der Waals surface area contributed by atoms with E-state index in [4.69, 9.17) is 17.3 Å². The van der Waals surface area contributed by atoms with Crippen LogP contribution in [0.4, 0.5) is 10.1 Å². The molecule has 3 N–H and O–H groups in total. The third-order valence-electron chi connectivity index (χ3n) is 3.30. The van der Waals surface area contributed by atoms with Gasteiger partial charge in [-0.1, -0.05) is 11.6 Å². The van der Waals surface area contributed by atoms with E-state index in [1.54, 1.807) is 11.9 Å². The smallest absolute Gasteiger partial charge is 0.253 e. The predicted octanol–water partition coefficient (Wildman–Crippen LogP) is 1.41. The monoisotopic (exact) mass is 299 g/mol. The van der Waals surface area contributed by atoms with Crippen LogP contribution in [0.15, 0.2) is 12.1 Å². The zero-order valence-electron chi connectivity index (χ0n) is 11.0. The van der Waals surface area contributed by atoms with Gasteiger partial charge in [0.15, 0.2) is 0 Å². The second-order valence-corrected chi connectivity index (χ2v) is 5.27. The van der Waals surface area contributed by atoms with Crippen LogP contribution < -0.4 is 11.1 Å². The molecule has 0 unspecified atom stereocenters. The standard InChI is InChI=1S/C13H15ClFN3O2/c1-18-6-8(2-3-11(18)19)17-13(20)9-4-7(14)5-10(15)12(9)16/h4-5,8H,2-3,6,16H2,1H3,(H,17,20)/t8-/m1/s1. The van der Waals surface area contributed by atoms with Crippen molar-refractivity contribution < 1.29 is 14.0 Å². The Morgan fingerprint density at radius 2 is 2.25 bits per heavy atom. The number of benzene rings is 1. The second kappa shape index (κ2) is 5.66. The first kappa shape index (κ1) is 14.6. The molecule has 0 spiro atoms. The fourth-order valence-electron chi connectivity index (χ4n) is 2.17. The number of nitrogens with zero attached hydrogens (tertiary/aromatic N) is 1. The van der Waals surface area contributed by atoms with Gasteiger partial charge in [0.25, 0.3) is 5.91 Å². The van der Waals surface area contributed by atoms with Gasteiger partial charge in [0.05, 0.1) is 11.3 Å². The van der Waals surface area contributed by atoms with Gasteiger partial charge >= 0.3 is 0 Å². The van der Waals surface area contributed by atoms with Gasteiger partial charge in [0.2, 0.25) is 5.91 Å². The minimum atomic E-state index is -0.724. The minimum Gasteiger partial charge on any atom is -0.396 e. The summed E-state index contributed by atoms with van der Waals surface area (Å²) in [5.41, 5.74) is 5.33. The van der Waals surface area contributed by atoms with Crippen molar-refractivity contribution in [2.45, 2.75) is 18.9 Å². The Morgan fingerprint density at radius 3 is 2.90 bits per heavy atom. The summed E-state index contributed by atoms with van der Waals surface area (Å²) in [6, 6.07) is 2.21. The van der Waals surface area contributed by atoms with Crippen molar-refractivity contribution in [1.29, 1.82) is 0 Å². The molecule has 7 heteroatoms. The highest BCUT2D eigenvalue weighted by molar-refractivity contribution is 6.31. The number of anilines is 1. The summed E-state index contributed by atoms with van der Waals surface area (Å²) in [7, 11) is 1.67. The van der Waals surface area contributed by atoms with Crippen LogP contribution in [0.1, 0.15) is 23.2 Å². The average molecular weight is 300 g/mol. The Balaban J connectivity index is 2.11. The Bertz CT molecular complexity index is 565. The van der Waals surface area contributed by atoms with E-state index in [-0.39, 0.29) is 28.2 Å². The van der Waals surface area contributed by atoms with Crippen molar-refractivity contribution in [1.82, 2.24) is 10.2 Å². The molecule has 2 rings (SSSR count). The van der Waals surface area contributed by atoms with Gasteiger partial charge in [-0.25, -0.2) is 4.39 Å². The van der Waals surface area contributed by atoms with E-state index >= 15 is 0 Å². The highest BCUT2D eigenvalue weighted by Gasteiger charge is 2.25. The largest absolute Gasteiger partial charge is 0.396 e. The van der Waals surface area contributed by atoms with E-state index in [1.165, 1.54) is 6.07 Å². The van der Waals surface area contributed by atoms with Crippen LogP contribution in [0, 0.1) is 5.82 Å². The summed E-state index contributed by atoms with van der Waals surface area (Å²) < 4.78 is 13.4. The van der Waals surface area contributed by atoms with Crippen molar-refractivity contribution in [3.8, 4) is 0 Å². The molecule has 20 heavy (non-hydrogen) atoms. The summed E-state index contributed by atoms with van der Waals surface area (Å²) in [4.78, 5) is 25.0. The van der Waals surface area contributed by atoms with Crippen molar-refractivity contribution >= 4 is 29.1 Å². The number of piperidine rings is 1. The molecule has 5 nitrogen and oxygen atoms in total. The number of hydrogen-bond donors (Lipinski definition) is 2. The number of carbonyl (C=O) groups is 2. The van der Waals surface area contributed by atoms with Gasteiger partial charge in [-0.3, -0.25) is 9.59 Å². The second-order valence-electron chi connectivity index (χ2n) is 4.83. The van der Waals surface area contributed by atoms with E-state index in [9.17, 15) is 14.0 Å². The zero-order valence-corrected chi connectivity index (χ0v) is 11.7. The van der Waals surface area contributed by atoms with E-state index in [2.05, 4.69) is 5.32 Å². The van der Waals surface area contributed by atoms with Gasteiger partial charge in [0, 0.05) is 31.1 Å². The first-order chi connectivity index (χ1) is 9.38. The Kier molecular flexibility index (Phi) is 4.13. The van der Waals surface area contributed by atoms with E-state index in [0.29, 0.717) is 19.4 Å². The topological polar surface area (TPSA) is 75.4 Å². The summed E-state index contributed by atoms with van der Waals surface area (Å²) in [6.07, 6.45) is 0.929. The lowest BCUT2D eigenvalue weighted by molar-refractivity contribution is -0.132. The quantitative estimate of drug-likeness (QED) is 0.811. The maximum Gasteiger partial charge on any atom is 0.253 e. The SMILES string of the molecule is CN1C[C@H](NC(=O)c2cc(Cl)cc(F)c2N)CCC1=O. The van der Waals surface area contributed by atoms with E-state index in [1.807, 2.05) is 0 Å². The number of likely N-dealkylation sites (N-methyl/N-ethyl adjacent to an activating group) is 1. The Labute approximate surface area is 120 Å². The highest BCUT2D eigenvalue weighted by Crippen LogP contribution is 2.22.